The molecule has 1 heterocycles. The first-order valence-corrected chi connectivity index (χ1v) is 10.8. The summed E-state index contributed by atoms with van der Waals surface area (Å²) in [4.78, 5) is 9.84. The van der Waals surface area contributed by atoms with E-state index in [1.807, 2.05) is 63.3 Å². The molecule has 0 aliphatic heterocycles. The first kappa shape index (κ1) is 23.7. The molecule has 5 nitrogen and oxygen atoms in total. The summed E-state index contributed by atoms with van der Waals surface area (Å²) >= 11 is 0. The molecule has 0 fully saturated rings. The molecule has 0 spiro atoms. The first-order valence-electron chi connectivity index (χ1n) is 10.8. The molecule has 0 aliphatic carbocycles. The Hall–Kier alpha value is -3.99. The SMILES string of the molecule is C=C(C)/C(=C(/C)OC)c1nc(NC/C(C)=C/C=C\C=N)c2c(-c3ccccc3)cccc2n1. The number of hydrogen-bond donors (Lipinski definition) is 2. The van der Waals surface area contributed by atoms with Crippen LogP contribution in [0.15, 0.2) is 90.2 Å². The van der Waals surface area contributed by atoms with Crippen LogP contribution in [0.25, 0.3) is 27.6 Å². The number of benzene rings is 2. The first-order chi connectivity index (χ1) is 16.0. The van der Waals surface area contributed by atoms with Crippen molar-refractivity contribution < 1.29 is 4.74 Å². The van der Waals surface area contributed by atoms with Gasteiger partial charge in [-0.15, -0.1) is 0 Å². The number of nitrogens with one attached hydrogen (secondary N) is 2. The lowest BCUT2D eigenvalue weighted by atomic mass is 10.00. The molecule has 3 aromatic rings. The van der Waals surface area contributed by atoms with Gasteiger partial charge in [-0.05, 0) is 49.6 Å². The molecule has 0 amide bonds. The lowest BCUT2D eigenvalue weighted by molar-refractivity contribution is 0.295. The van der Waals surface area contributed by atoms with Gasteiger partial charge in [-0.2, -0.15) is 0 Å². The zero-order valence-corrected chi connectivity index (χ0v) is 19.6. The predicted octanol–water partition coefficient (Wildman–Crippen LogP) is 6.81. The van der Waals surface area contributed by atoms with Crippen LogP contribution in [-0.4, -0.2) is 29.8 Å². The summed E-state index contributed by atoms with van der Waals surface area (Å²) in [6, 6.07) is 16.4. The number of ether oxygens (including phenoxy) is 1. The third kappa shape index (κ3) is 5.63. The minimum atomic E-state index is 0.576. The Bertz CT molecular complexity index is 1250. The number of aromatic nitrogens is 2. The molecule has 0 atom stereocenters. The van der Waals surface area contributed by atoms with Gasteiger partial charge in [0.15, 0.2) is 5.82 Å². The van der Waals surface area contributed by atoms with Gasteiger partial charge in [0.25, 0.3) is 0 Å². The molecular formula is C28H30N4O. The summed E-state index contributed by atoms with van der Waals surface area (Å²) in [5, 5.41) is 11.6. The highest BCUT2D eigenvalue weighted by atomic mass is 16.5. The van der Waals surface area contributed by atoms with Crippen molar-refractivity contribution in [2.24, 2.45) is 0 Å². The van der Waals surface area contributed by atoms with Gasteiger partial charge < -0.3 is 15.5 Å². The van der Waals surface area contributed by atoms with Gasteiger partial charge in [-0.1, -0.05) is 66.8 Å². The highest BCUT2D eigenvalue weighted by Crippen LogP contribution is 2.34. The van der Waals surface area contributed by atoms with E-state index in [0.29, 0.717) is 12.4 Å². The summed E-state index contributed by atoms with van der Waals surface area (Å²) in [7, 11) is 1.64. The molecule has 0 bridgehead atoms. The smallest absolute Gasteiger partial charge is 0.165 e. The number of nitrogens with zero attached hydrogens (tertiary/aromatic N) is 2. The van der Waals surface area contributed by atoms with Crippen LogP contribution >= 0.6 is 0 Å². The van der Waals surface area contributed by atoms with Crippen molar-refractivity contribution in [3.8, 4) is 11.1 Å². The summed E-state index contributed by atoms with van der Waals surface area (Å²) < 4.78 is 5.51. The second-order valence-electron chi connectivity index (χ2n) is 7.80. The summed E-state index contributed by atoms with van der Waals surface area (Å²) in [6.45, 7) is 10.6. The Morgan fingerprint density at radius 3 is 2.45 bits per heavy atom. The van der Waals surface area contributed by atoms with Crippen molar-refractivity contribution in [2.75, 3.05) is 19.0 Å². The number of methoxy groups -OCH3 is 1. The van der Waals surface area contributed by atoms with E-state index in [4.69, 9.17) is 20.1 Å². The third-order valence-corrected chi connectivity index (χ3v) is 5.24. The molecule has 2 aromatic carbocycles. The average molecular weight is 439 g/mol. The Kier molecular flexibility index (Phi) is 7.92. The van der Waals surface area contributed by atoms with Crippen LogP contribution in [0, 0.1) is 5.41 Å². The van der Waals surface area contributed by atoms with Crippen molar-refractivity contribution >= 4 is 28.5 Å². The molecule has 0 aliphatic rings. The van der Waals surface area contributed by atoms with Gasteiger partial charge in [0.2, 0.25) is 0 Å². The molecule has 0 radical (unpaired) electrons. The van der Waals surface area contributed by atoms with Gasteiger partial charge in [0.05, 0.1) is 23.6 Å². The maximum Gasteiger partial charge on any atom is 0.165 e. The Morgan fingerprint density at radius 2 is 1.79 bits per heavy atom. The fraction of sp³-hybridized carbons (Fsp3) is 0.179. The quantitative estimate of drug-likeness (QED) is 0.219. The molecule has 1 aromatic heterocycles. The molecule has 0 saturated carbocycles. The fourth-order valence-electron chi connectivity index (χ4n) is 3.59. The van der Waals surface area contributed by atoms with Gasteiger partial charge >= 0.3 is 0 Å². The fourth-order valence-corrected chi connectivity index (χ4v) is 3.59. The van der Waals surface area contributed by atoms with Gasteiger partial charge in [0.1, 0.15) is 11.6 Å². The highest BCUT2D eigenvalue weighted by Gasteiger charge is 2.17. The van der Waals surface area contributed by atoms with Gasteiger partial charge in [0, 0.05) is 12.8 Å². The van der Waals surface area contributed by atoms with Crippen LogP contribution in [0.1, 0.15) is 26.6 Å². The zero-order valence-electron chi connectivity index (χ0n) is 19.6. The zero-order chi connectivity index (χ0) is 23.8. The van der Waals surface area contributed by atoms with E-state index in [9.17, 15) is 0 Å². The molecule has 3 rings (SSSR count). The van der Waals surface area contributed by atoms with Crippen molar-refractivity contribution in [1.82, 2.24) is 9.97 Å². The van der Waals surface area contributed by atoms with E-state index in [0.717, 1.165) is 50.3 Å². The van der Waals surface area contributed by atoms with Crippen molar-refractivity contribution in [3.63, 3.8) is 0 Å². The van der Waals surface area contributed by atoms with E-state index >= 15 is 0 Å². The number of hydrogen-bond acceptors (Lipinski definition) is 5. The molecule has 2 N–H and O–H groups in total. The van der Waals surface area contributed by atoms with Crippen LogP contribution in [0.5, 0.6) is 0 Å². The van der Waals surface area contributed by atoms with E-state index in [-0.39, 0.29) is 0 Å². The molecule has 5 heteroatoms. The molecule has 168 valence electrons. The number of anilines is 1. The highest BCUT2D eigenvalue weighted by molar-refractivity contribution is 6.02. The van der Waals surface area contributed by atoms with Crippen molar-refractivity contribution in [3.05, 3.63) is 96.1 Å². The van der Waals surface area contributed by atoms with Crippen LogP contribution in [0.3, 0.4) is 0 Å². The Morgan fingerprint density at radius 1 is 1.03 bits per heavy atom. The second kappa shape index (κ2) is 11.0. The van der Waals surface area contributed by atoms with Crippen LogP contribution < -0.4 is 5.32 Å². The van der Waals surface area contributed by atoms with E-state index in [1.54, 1.807) is 13.2 Å². The summed E-state index contributed by atoms with van der Waals surface area (Å²) in [5.74, 6) is 2.05. The molecule has 33 heavy (non-hydrogen) atoms. The average Bonchev–Trinajstić information content (AvgIpc) is 2.82. The summed E-state index contributed by atoms with van der Waals surface area (Å²) in [5.41, 5.74) is 5.77. The van der Waals surface area contributed by atoms with Crippen molar-refractivity contribution in [1.29, 1.82) is 5.41 Å². The minimum absolute atomic E-state index is 0.576. The lowest BCUT2D eigenvalue weighted by Gasteiger charge is -2.17. The minimum Gasteiger partial charge on any atom is -0.501 e. The van der Waals surface area contributed by atoms with E-state index in [2.05, 4.69) is 30.1 Å². The standard InChI is InChI=1S/C28H30N4O/c1-19(2)25(21(4)33-5)28-31-24-16-11-15-23(22-13-7-6-8-14-22)26(24)27(32-28)30-18-20(3)12-9-10-17-29/h6-17,29H,1,18H2,2-5H3,(H,30,31,32)/b10-9-,20-12+,25-21+,29-17?. The number of fused-ring (bicyclic) bond motifs is 1. The van der Waals surface area contributed by atoms with Crippen LogP contribution in [0.2, 0.25) is 0 Å². The Balaban J connectivity index is 2.22. The van der Waals surface area contributed by atoms with Crippen LogP contribution in [0.4, 0.5) is 5.82 Å². The van der Waals surface area contributed by atoms with E-state index < -0.39 is 0 Å². The van der Waals surface area contributed by atoms with Gasteiger partial charge in [-0.25, -0.2) is 9.97 Å². The molecule has 0 unspecified atom stereocenters. The van der Waals surface area contributed by atoms with Crippen molar-refractivity contribution in [2.45, 2.75) is 20.8 Å². The van der Waals surface area contributed by atoms with E-state index in [1.165, 1.54) is 6.21 Å². The monoisotopic (exact) mass is 438 g/mol. The normalized spacial score (nSPS) is 12.5. The Labute approximate surface area is 195 Å². The molecular weight excluding hydrogens is 408 g/mol. The maximum absolute atomic E-state index is 7.13. The molecule has 0 saturated heterocycles. The predicted molar refractivity (Wildman–Crippen MR) is 140 cm³/mol. The number of rotatable bonds is 9. The largest absolute Gasteiger partial charge is 0.501 e. The number of allylic oxidation sites excluding steroid dienone is 6. The summed E-state index contributed by atoms with van der Waals surface area (Å²) in [6.07, 6.45) is 6.78. The second-order valence-corrected chi connectivity index (χ2v) is 7.80. The topological polar surface area (TPSA) is 70.9 Å². The van der Waals surface area contributed by atoms with Crippen LogP contribution in [-0.2, 0) is 4.74 Å². The maximum atomic E-state index is 7.13. The van der Waals surface area contributed by atoms with Gasteiger partial charge in [-0.3, -0.25) is 0 Å². The lowest BCUT2D eigenvalue weighted by Crippen LogP contribution is -2.09. The third-order valence-electron chi connectivity index (χ3n) is 5.24.